The van der Waals surface area contributed by atoms with Crippen LogP contribution in [0.15, 0.2) is 6.20 Å². The van der Waals surface area contributed by atoms with Gasteiger partial charge in [0.2, 0.25) is 6.43 Å². The lowest BCUT2D eigenvalue weighted by Crippen LogP contribution is -2.09. The number of rotatable bonds is 2. The summed E-state index contributed by atoms with van der Waals surface area (Å²) in [5.74, 6) is -0.924. The number of aromatic nitrogens is 2. The molecule has 0 amide bonds. The minimum Gasteiger partial charge on any atom is -0.397 e. The Morgan fingerprint density at radius 2 is 2.12 bits per heavy atom. The SMILES string of the molecule is Cc1nc2c(C(C)C(F)F)c(N)cnc2s1. The summed E-state index contributed by atoms with van der Waals surface area (Å²) >= 11 is 1.38. The quantitative estimate of drug-likeness (QED) is 0.882. The number of aryl methyl sites for hydroxylation is 1. The van der Waals surface area contributed by atoms with Crippen LogP contribution in [0.25, 0.3) is 10.3 Å². The third kappa shape index (κ3) is 1.73. The molecule has 2 heterocycles. The van der Waals surface area contributed by atoms with E-state index < -0.39 is 12.3 Å². The van der Waals surface area contributed by atoms with Gasteiger partial charge in [-0.15, -0.1) is 0 Å². The number of thiazole rings is 1. The van der Waals surface area contributed by atoms with E-state index in [2.05, 4.69) is 9.97 Å². The van der Waals surface area contributed by atoms with E-state index in [1.807, 2.05) is 6.92 Å². The molecule has 0 aliphatic heterocycles. The third-order valence-corrected chi connectivity index (χ3v) is 3.32. The van der Waals surface area contributed by atoms with Crippen LogP contribution in [0.1, 0.15) is 23.4 Å². The van der Waals surface area contributed by atoms with E-state index >= 15 is 0 Å². The van der Waals surface area contributed by atoms with E-state index in [9.17, 15) is 8.78 Å². The fraction of sp³-hybridized carbons (Fsp3) is 0.400. The summed E-state index contributed by atoms with van der Waals surface area (Å²) < 4.78 is 25.5. The number of nitrogen functional groups attached to an aromatic ring is 1. The van der Waals surface area contributed by atoms with Crippen LogP contribution in [0.3, 0.4) is 0 Å². The second-order valence-corrected chi connectivity index (χ2v) is 4.82. The van der Waals surface area contributed by atoms with Crippen molar-refractivity contribution in [1.29, 1.82) is 0 Å². The second-order valence-electron chi connectivity index (χ2n) is 3.64. The molecule has 1 unspecified atom stereocenters. The second kappa shape index (κ2) is 3.93. The normalized spacial score (nSPS) is 13.6. The Kier molecular flexibility index (Phi) is 2.75. The van der Waals surface area contributed by atoms with Crippen LogP contribution < -0.4 is 5.73 Å². The maximum absolute atomic E-state index is 12.7. The van der Waals surface area contributed by atoms with Crippen LogP contribution in [0.5, 0.6) is 0 Å². The smallest absolute Gasteiger partial charge is 0.245 e. The zero-order chi connectivity index (χ0) is 11.9. The third-order valence-electron chi connectivity index (χ3n) is 2.44. The Labute approximate surface area is 95.3 Å². The fourth-order valence-corrected chi connectivity index (χ4v) is 2.39. The molecule has 0 spiro atoms. The molecule has 1 atom stereocenters. The predicted molar refractivity (Wildman–Crippen MR) is 61.0 cm³/mol. The number of nitrogens with zero attached hydrogens (tertiary/aromatic N) is 2. The van der Waals surface area contributed by atoms with Crippen molar-refractivity contribution in [2.24, 2.45) is 0 Å². The number of hydrogen-bond donors (Lipinski definition) is 1. The van der Waals surface area contributed by atoms with Crippen LogP contribution in [-0.4, -0.2) is 16.4 Å². The number of nitrogens with two attached hydrogens (primary N) is 1. The van der Waals surface area contributed by atoms with Gasteiger partial charge in [0.05, 0.1) is 16.9 Å². The van der Waals surface area contributed by atoms with Gasteiger partial charge in [-0.25, -0.2) is 18.7 Å². The van der Waals surface area contributed by atoms with Gasteiger partial charge in [0, 0.05) is 11.5 Å². The number of pyridine rings is 1. The Morgan fingerprint density at radius 3 is 2.75 bits per heavy atom. The van der Waals surface area contributed by atoms with Gasteiger partial charge in [-0.05, 0) is 6.92 Å². The van der Waals surface area contributed by atoms with Gasteiger partial charge < -0.3 is 5.73 Å². The van der Waals surface area contributed by atoms with Gasteiger partial charge in [-0.3, -0.25) is 0 Å². The largest absolute Gasteiger partial charge is 0.397 e. The monoisotopic (exact) mass is 243 g/mol. The van der Waals surface area contributed by atoms with Crippen molar-refractivity contribution in [2.75, 3.05) is 5.73 Å². The highest BCUT2D eigenvalue weighted by molar-refractivity contribution is 7.18. The summed E-state index contributed by atoms with van der Waals surface area (Å²) in [6, 6.07) is 0. The molecule has 2 aromatic rings. The molecule has 0 radical (unpaired) electrons. The van der Waals surface area contributed by atoms with Gasteiger partial charge in [-0.2, -0.15) is 0 Å². The lowest BCUT2D eigenvalue weighted by molar-refractivity contribution is 0.122. The molecule has 86 valence electrons. The highest BCUT2D eigenvalue weighted by Gasteiger charge is 2.23. The molecule has 0 bridgehead atoms. The molecular weight excluding hydrogens is 232 g/mol. The zero-order valence-corrected chi connectivity index (χ0v) is 9.68. The van der Waals surface area contributed by atoms with E-state index in [4.69, 9.17) is 5.73 Å². The standard InChI is InChI=1S/C10H11F2N3S/c1-4(9(11)12)7-6(13)3-14-10-8(7)15-5(2)16-10/h3-4,9H,13H2,1-2H3. The summed E-state index contributed by atoms with van der Waals surface area (Å²) in [6.45, 7) is 3.27. The van der Waals surface area contributed by atoms with Crippen LogP contribution in [0.4, 0.5) is 14.5 Å². The fourth-order valence-electron chi connectivity index (χ4n) is 1.62. The molecule has 0 saturated heterocycles. The molecule has 2 aromatic heterocycles. The Hall–Kier alpha value is -1.30. The average Bonchev–Trinajstić information content (AvgIpc) is 2.57. The van der Waals surface area contributed by atoms with Gasteiger partial charge in [-0.1, -0.05) is 18.3 Å². The van der Waals surface area contributed by atoms with Gasteiger partial charge in [0.25, 0.3) is 0 Å². The highest BCUT2D eigenvalue weighted by atomic mass is 32.1. The Bertz CT molecular complexity index is 524. The van der Waals surface area contributed by atoms with Gasteiger partial charge >= 0.3 is 0 Å². The first-order chi connectivity index (χ1) is 7.50. The lowest BCUT2D eigenvalue weighted by atomic mass is 10.0. The first kappa shape index (κ1) is 11.2. The predicted octanol–water partition coefficient (Wildman–Crippen LogP) is 2.95. The van der Waals surface area contributed by atoms with E-state index in [0.29, 0.717) is 15.9 Å². The molecule has 0 saturated carbocycles. The number of hydrogen-bond acceptors (Lipinski definition) is 4. The first-order valence-corrected chi connectivity index (χ1v) is 5.62. The van der Waals surface area contributed by atoms with Gasteiger partial charge in [0.15, 0.2) is 0 Å². The number of halogens is 2. The molecule has 0 aliphatic carbocycles. The molecule has 0 fully saturated rings. The summed E-state index contributed by atoms with van der Waals surface area (Å²) in [5, 5.41) is 0.802. The van der Waals surface area contributed by atoms with E-state index in [0.717, 1.165) is 5.01 Å². The van der Waals surface area contributed by atoms with Crippen molar-refractivity contribution < 1.29 is 8.78 Å². The molecule has 2 rings (SSSR count). The highest BCUT2D eigenvalue weighted by Crippen LogP contribution is 2.34. The summed E-state index contributed by atoms with van der Waals surface area (Å²) in [7, 11) is 0. The van der Waals surface area contributed by atoms with E-state index in [-0.39, 0.29) is 5.69 Å². The first-order valence-electron chi connectivity index (χ1n) is 4.80. The zero-order valence-electron chi connectivity index (χ0n) is 8.87. The van der Waals surface area contributed by atoms with Crippen LogP contribution in [-0.2, 0) is 0 Å². The van der Waals surface area contributed by atoms with Crippen LogP contribution in [0, 0.1) is 6.92 Å². The molecule has 2 N–H and O–H groups in total. The summed E-state index contributed by atoms with van der Waals surface area (Å²) in [4.78, 5) is 8.97. The summed E-state index contributed by atoms with van der Waals surface area (Å²) in [6.07, 6.45) is -1.02. The Balaban J connectivity index is 2.69. The molecular formula is C10H11F2N3S. The number of anilines is 1. The van der Waals surface area contributed by atoms with Crippen molar-refractivity contribution in [3.63, 3.8) is 0 Å². The Morgan fingerprint density at radius 1 is 1.44 bits per heavy atom. The average molecular weight is 243 g/mol. The van der Waals surface area contributed by atoms with Crippen molar-refractivity contribution in [2.45, 2.75) is 26.2 Å². The van der Waals surface area contributed by atoms with E-state index in [1.54, 1.807) is 0 Å². The van der Waals surface area contributed by atoms with Crippen molar-refractivity contribution >= 4 is 27.4 Å². The summed E-state index contributed by atoms with van der Waals surface area (Å²) in [5.41, 5.74) is 6.90. The maximum atomic E-state index is 12.7. The molecule has 6 heteroatoms. The van der Waals surface area contributed by atoms with Crippen LogP contribution in [0.2, 0.25) is 0 Å². The molecule has 3 nitrogen and oxygen atoms in total. The van der Waals surface area contributed by atoms with Crippen molar-refractivity contribution in [3.8, 4) is 0 Å². The number of alkyl halides is 2. The minimum absolute atomic E-state index is 0.283. The number of fused-ring (bicyclic) bond motifs is 1. The molecule has 16 heavy (non-hydrogen) atoms. The molecule has 0 aromatic carbocycles. The van der Waals surface area contributed by atoms with Crippen molar-refractivity contribution in [3.05, 3.63) is 16.8 Å². The molecule has 0 aliphatic rings. The van der Waals surface area contributed by atoms with Crippen molar-refractivity contribution in [1.82, 2.24) is 9.97 Å². The van der Waals surface area contributed by atoms with E-state index in [1.165, 1.54) is 24.5 Å². The lowest BCUT2D eigenvalue weighted by Gasteiger charge is -2.13. The van der Waals surface area contributed by atoms with Gasteiger partial charge in [0.1, 0.15) is 10.3 Å². The maximum Gasteiger partial charge on any atom is 0.245 e. The topological polar surface area (TPSA) is 51.8 Å². The van der Waals surface area contributed by atoms with Crippen LogP contribution >= 0.6 is 11.3 Å². The minimum atomic E-state index is -2.45.